The van der Waals surface area contributed by atoms with Crippen molar-refractivity contribution in [1.29, 1.82) is 0 Å². The number of carbonyl (C=O) groups excluding carboxylic acids is 1. The summed E-state index contributed by atoms with van der Waals surface area (Å²) in [6.07, 6.45) is -1.04. The van der Waals surface area contributed by atoms with Gasteiger partial charge in [0.25, 0.3) is 0 Å². The van der Waals surface area contributed by atoms with Crippen molar-refractivity contribution in [1.82, 2.24) is 20.7 Å². The molecule has 0 spiro atoms. The molecule has 0 aliphatic carbocycles. The Morgan fingerprint density at radius 3 is 1.61 bits per heavy atom. The summed E-state index contributed by atoms with van der Waals surface area (Å²) in [5.74, 6) is -0.294. The van der Waals surface area contributed by atoms with E-state index in [1.54, 1.807) is 14.1 Å². The number of nitrogens with one attached hydrogen (secondary N) is 2. The quantitative estimate of drug-likeness (QED) is 0.170. The van der Waals surface area contributed by atoms with Crippen LogP contribution in [-0.2, 0) is 0 Å². The zero-order valence-corrected chi connectivity index (χ0v) is 10.2. The predicted octanol–water partition coefficient (Wildman–Crippen LogP) is -3.81. The average molecular weight is 258 g/mol. The zero-order chi connectivity index (χ0) is 13.9. The van der Waals surface area contributed by atoms with E-state index in [9.17, 15) is 4.79 Å². The fourth-order valence-corrected chi connectivity index (χ4v) is 1.51. The molecule has 0 aromatic heterocycles. The molecule has 1 rings (SSSR count). The van der Waals surface area contributed by atoms with Gasteiger partial charge in [-0.2, -0.15) is 0 Å². The summed E-state index contributed by atoms with van der Waals surface area (Å²) in [7, 11) is 3.19. The van der Waals surface area contributed by atoms with Crippen molar-refractivity contribution in [3.63, 3.8) is 0 Å². The Morgan fingerprint density at radius 2 is 1.33 bits per heavy atom. The number of nitrogens with two attached hydrogens (primary N) is 4. The second kappa shape index (κ2) is 5.16. The molecular formula is C7H18N10O. The number of likely N-dealkylation sites (N-methyl/N-ethyl adjacent to an activating group) is 2. The lowest BCUT2D eigenvalue weighted by atomic mass is 10.4. The molecule has 0 saturated carbocycles. The first-order chi connectivity index (χ1) is 8.34. The van der Waals surface area contributed by atoms with E-state index < -0.39 is 12.3 Å². The van der Waals surface area contributed by atoms with E-state index >= 15 is 0 Å². The van der Waals surface area contributed by atoms with Crippen LogP contribution in [0.1, 0.15) is 0 Å². The summed E-state index contributed by atoms with van der Waals surface area (Å²) in [6, 6.07) is -0.235. The number of urea groups is 1. The Hall–Kier alpha value is -2.59. The van der Waals surface area contributed by atoms with Gasteiger partial charge in [0.1, 0.15) is 0 Å². The second-order valence-corrected chi connectivity index (χ2v) is 3.73. The highest BCUT2D eigenvalue weighted by atomic mass is 16.2. The molecular weight excluding hydrogens is 240 g/mol. The van der Waals surface area contributed by atoms with Crippen molar-refractivity contribution in [2.75, 3.05) is 14.1 Å². The van der Waals surface area contributed by atoms with Gasteiger partial charge in [0.2, 0.25) is 11.9 Å². The molecule has 11 nitrogen and oxygen atoms in total. The fourth-order valence-electron chi connectivity index (χ4n) is 1.51. The van der Waals surface area contributed by atoms with Crippen LogP contribution in [0.3, 0.4) is 0 Å². The van der Waals surface area contributed by atoms with E-state index in [2.05, 4.69) is 21.1 Å². The lowest BCUT2D eigenvalue weighted by Gasteiger charge is -2.24. The number of amides is 2. The third-order valence-corrected chi connectivity index (χ3v) is 2.39. The van der Waals surface area contributed by atoms with Gasteiger partial charge in [0, 0.05) is 14.1 Å². The minimum atomic E-state index is -0.521. The van der Waals surface area contributed by atoms with Gasteiger partial charge in [-0.15, -0.1) is 10.2 Å². The largest absolute Gasteiger partial charge is 0.369 e. The SMILES string of the molecule is CN1C(=O)N(C)[C@H](NN=C(N)N)[C@H]1NN=C(N)N. The maximum Gasteiger partial charge on any atom is 0.323 e. The van der Waals surface area contributed by atoms with E-state index in [1.165, 1.54) is 9.80 Å². The van der Waals surface area contributed by atoms with Gasteiger partial charge in [0.05, 0.1) is 0 Å². The number of carbonyl (C=O) groups is 1. The number of rotatable bonds is 4. The number of guanidine groups is 2. The molecule has 1 aliphatic heterocycles. The number of hydrogen-bond donors (Lipinski definition) is 6. The van der Waals surface area contributed by atoms with Crippen molar-refractivity contribution in [2.45, 2.75) is 12.3 Å². The normalized spacial score (nSPS) is 22.7. The second-order valence-electron chi connectivity index (χ2n) is 3.73. The van der Waals surface area contributed by atoms with Crippen molar-refractivity contribution in [2.24, 2.45) is 33.1 Å². The fraction of sp³-hybridized carbons (Fsp3) is 0.571. The Kier molecular flexibility index (Phi) is 3.86. The van der Waals surface area contributed by atoms with Gasteiger partial charge in [-0.05, 0) is 0 Å². The number of hydrazone groups is 2. The lowest BCUT2D eigenvalue weighted by Crippen LogP contribution is -2.52. The summed E-state index contributed by atoms with van der Waals surface area (Å²) in [6.45, 7) is 0. The molecule has 0 aromatic carbocycles. The molecule has 11 heteroatoms. The zero-order valence-electron chi connectivity index (χ0n) is 10.2. The van der Waals surface area contributed by atoms with Crippen molar-refractivity contribution >= 4 is 18.0 Å². The highest BCUT2D eigenvalue weighted by Gasteiger charge is 2.42. The molecule has 0 unspecified atom stereocenters. The molecule has 0 aromatic rings. The molecule has 2 amide bonds. The van der Waals surface area contributed by atoms with Crippen LogP contribution in [0, 0.1) is 0 Å². The maximum atomic E-state index is 11.8. The summed E-state index contributed by atoms with van der Waals surface area (Å²) in [4.78, 5) is 14.6. The molecule has 1 aliphatic rings. The van der Waals surface area contributed by atoms with Crippen LogP contribution < -0.4 is 33.8 Å². The first-order valence-electron chi connectivity index (χ1n) is 5.02. The van der Waals surface area contributed by atoms with Gasteiger partial charge in [-0.3, -0.25) is 10.9 Å². The first-order valence-corrected chi connectivity index (χ1v) is 5.02. The van der Waals surface area contributed by atoms with Crippen molar-refractivity contribution < 1.29 is 4.79 Å². The van der Waals surface area contributed by atoms with Crippen LogP contribution in [-0.4, -0.2) is 54.2 Å². The molecule has 1 heterocycles. The van der Waals surface area contributed by atoms with Gasteiger partial charge < -0.3 is 32.7 Å². The van der Waals surface area contributed by atoms with E-state index in [1.807, 2.05) is 0 Å². The van der Waals surface area contributed by atoms with Crippen molar-refractivity contribution in [3.8, 4) is 0 Å². The molecule has 1 saturated heterocycles. The molecule has 10 N–H and O–H groups in total. The van der Waals surface area contributed by atoms with Gasteiger partial charge >= 0.3 is 6.03 Å². The van der Waals surface area contributed by atoms with Crippen LogP contribution in [0.5, 0.6) is 0 Å². The first kappa shape index (κ1) is 13.5. The number of hydrogen-bond acceptors (Lipinski definition) is 5. The Labute approximate surface area is 104 Å². The summed E-state index contributed by atoms with van der Waals surface area (Å²) >= 11 is 0. The standard InChI is InChI=1S/C7H18N10O/c1-16-3(12-14-5(8)9)4(13-15-6(10)11)17(2)7(16)18/h3-4,12-13H,1-2H3,(H4,8,9,14)(H4,10,11,15)/t3-,4-/m0/s1. The monoisotopic (exact) mass is 258 g/mol. The predicted molar refractivity (Wildman–Crippen MR) is 66.4 cm³/mol. The molecule has 2 atom stereocenters. The van der Waals surface area contributed by atoms with Gasteiger partial charge in [0.15, 0.2) is 12.3 Å². The van der Waals surface area contributed by atoms with E-state index in [0.717, 1.165) is 0 Å². The Morgan fingerprint density at radius 1 is 1.00 bits per heavy atom. The topological polar surface area (TPSA) is 176 Å². The van der Waals surface area contributed by atoms with E-state index in [-0.39, 0.29) is 18.0 Å². The van der Waals surface area contributed by atoms with E-state index in [4.69, 9.17) is 22.9 Å². The van der Waals surface area contributed by atoms with Crippen molar-refractivity contribution in [3.05, 3.63) is 0 Å². The Bertz CT molecular complexity index is 336. The third kappa shape index (κ3) is 2.75. The van der Waals surface area contributed by atoms with Crippen LogP contribution in [0.4, 0.5) is 4.79 Å². The summed E-state index contributed by atoms with van der Waals surface area (Å²) in [5.41, 5.74) is 26.2. The van der Waals surface area contributed by atoms with E-state index in [0.29, 0.717) is 0 Å². The molecule has 18 heavy (non-hydrogen) atoms. The average Bonchev–Trinajstić information content (AvgIpc) is 2.48. The van der Waals surface area contributed by atoms with Gasteiger partial charge in [-0.1, -0.05) is 0 Å². The van der Waals surface area contributed by atoms with Crippen LogP contribution in [0.15, 0.2) is 10.2 Å². The van der Waals surface area contributed by atoms with Gasteiger partial charge in [-0.25, -0.2) is 4.79 Å². The third-order valence-electron chi connectivity index (χ3n) is 2.39. The smallest absolute Gasteiger partial charge is 0.323 e. The lowest BCUT2D eigenvalue weighted by molar-refractivity contribution is 0.197. The molecule has 0 bridgehead atoms. The minimum absolute atomic E-state index is 0.147. The number of nitrogens with zero attached hydrogens (tertiary/aromatic N) is 4. The molecule has 0 radical (unpaired) electrons. The highest BCUT2D eigenvalue weighted by molar-refractivity contribution is 5.78. The summed E-state index contributed by atoms with van der Waals surface area (Å²) < 4.78 is 0. The molecule has 102 valence electrons. The maximum absolute atomic E-state index is 11.8. The summed E-state index contributed by atoms with van der Waals surface area (Å²) in [5, 5.41) is 7.31. The highest BCUT2D eigenvalue weighted by Crippen LogP contribution is 2.15. The molecule has 1 fully saturated rings. The Balaban J connectivity index is 2.84. The van der Waals surface area contributed by atoms with Crippen LogP contribution in [0.2, 0.25) is 0 Å². The van der Waals surface area contributed by atoms with Crippen LogP contribution in [0.25, 0.3) is 0 Å². The van der Waals surface area contributed by atoms with Crippen LogP contribution >= 0.6 is 0 Å². The minimum Gasteiger partial charge on any atom is -0.369 e.